The number of carbonyl (C=O) groups excluding carboxylic acids is 1. The zero-order valence-electron chi connectivity index (χ0n) is 14.8. The highest BCUT2D eigenvalue weighted by Crippen LogP contribution is 2.23. The van der Waals surface area contributed by atoms with Gasteiger partial charge in [0.15, 0.2) is 5.75 Å². The average molecular weight is 350 g/mol. The van der Waals surface area contributed by atoms with Crippen molar-refractivity contribution < 1.29 is 9.53 Å². The lowest BCUT2D eigenvalue weighted by Gasteiger charge is -2.10. The van der Waals surface area contributed by atoms with E-state index in [0.29, 0.717) is 18.7 Å². The Labute approximate surface area is 152 Å². The molecule has 0 saturated heterocycles. The topological polar surface area (TPSA) is 69.0 Å². The number of para-hydroxylation sites is 1. The molecule has 3 rings (SSSR count). The predicted molar refractivity (Wildman–Crippen MR) is 99.5 cm³/mol. The van der Waals surface area contributed by atoms with Gasteiger partial charge in [0.2, 0.25) is 0 Å². The van der Waals surface area contributed by atoms with E-state index in [1.807, 2.05) is 47.1 Å². The third kappa shape index (κ3) is 4.47. The van der Waals surface area contributed by atoms with Gasteiger partial charge < -0.3 is 10.1 Å². The van der Waals surface area contributed by atoms with Gasteiger partial charge in [0.25, 0.3) is 0 Å². The summed E-state index contributed by atoms with van der Waals surface area (Å²) in [4.78, 5) is 16.2. The Bertz CT molecular complexity index is 832. The molecule has 0 unspecified atom stereocenters. The number of nitrogens with zero attached hydrogens (tertiary/aromatic N) is 3. The summed E-state index contributed by atoms with van der Waals surface area (Å²) >= 11 is 0. The molecule has 0 saturated carbocycles. The fourth-order valence-electron chi connectivity index (χ4n) is 2.69. The smallest absolute Gasteiger partial charge is 0.407 e. The third-order valence-corrected chi connectivity index (χ3v) is 3.93. The number of pyridine rings is 1. The van der Waals surface area contributed by atoms with Gasteiger partial charge in [-0.15, -0.1) is 0 Å². The molecule has 1 aromatic carbocycles. The number of hydrogen-bond donors (Lipinski definition) is 1. The normalized spacial score (nSPS) is 10.5. The number of hydrogen-bond acceptors (Lipinski definition) is 4. The largest absolute Gasteiger partial charge is 0.412 e. The second-order valence-electron chi connectivity index (χ2n) is 5.88. The number of benzene rings is 1. The Hall–Kier alpha value is -3.15. The van der Waals surface area contributed by atoms with Crippen LogP contribution >= 0.6 is 0 Å². The maximum atomic E-state index is 12.1. The van der Waals surface area contributed by atoms with Gasteiger partial charge in [-0.1, -0.05) is 37.6 Å². The molecule has 2 aromatic heterocycles. The van der Waals surface area contributed by atoms with Crippen molar-refractivity contribution in [2.24, 2.45) is 0 Å². The average Bonchev–Trinajstić information content (AvgIpc) is 3.06. The molecular formula is C20H22N4O2. The Balaban J connectivity index is 1.63. The summed E-state index contributed by atoms with van der Waals surface area (Å²) in [5.74, 6) is 0.495. The van der Waals surface area contributed by atoms with Gasteiger partial charge in [-0.3, -0.25) is 4.98 Å². The molecule has 2 heterocycles. The van der Waals surface area contributed by atoms with E-state index in [4.69, 9.17) is 4.74 Å². The maximum Gasteiger partial charge on any atom is 0.412 e. The molecule has 0 aliphatic rings. The second kappa shape index (κ2) is 8.80. The van der Waals surface area contributed by atoms with E-state index in [1.165, 1.54) is 0 Å². The molecule has 6 heteroatoms. The van der Waals surface area contributed by atoms with Gasteiger partial charge in [0.05, 0.1) is 17.6 Å². The summed E-state index contributed by atoms with van der Waals surface area (Å²) in [5.41, 5.74) is 2.90. The SMILES string of the molecule is CCCc1c(OC(=O)NCCc2cccnc2)cnn1-c1ccccc1. The molecular weight excluding hydrogens is 328 g/mol. The summed E-state index contributed by atoms with van der Waals surface area (Å²) in [6, 6.07) is 13.7. The zero-order chi connectivity index (χ0) is 18.2. The van der Waals surface area contributed by atoms with E-state index in [0.717, 1.165) is 29.8 Å². The standard InChI is InChI=1S/C20H22N4O2/c1-2-7-18-19(15-23-24(18)17-9-4-3-5-10-17)26-20(25)22-13-11-16-8-6-12-21-14-16/h3-6,8-10,12,14-15H,2,7,11,13H2,1H3,(H,22,25). The van der Waals surface area contributed by atoms with Crippen LogP contribution < -0.4 is 10.1 Å². The number of carbonyl (C=O) groups is 1. The van der Waals surface area contributed by atoms with Crippen LogP contribution in [-0.4, -0.2) is 27.4 Å². The summed E-state index contributed by atoms with van der Waals surface area (Å²) in [6.07, 6.45) is 7.04. The highest BCUT2D eigenvalue weighted by molar-refractivity contribution is 5.70. The molecule has 0 fully saturated rings. The van der Waals surface area contributed by atoms with Crippen molar-refractivity contribution in [3.05, 3.63) is 72.3 Å². The third-order valence-electron chi connectivity index (χ3n) is 3.93. The first-order valence-corrected chi connectivity index (χ1v) is 8.75. The Morgan fingerprint density at radius 2 is 1.96 bits per heavy atom. The van der Waals surface area contributed by atoms with Crippen LogP contribution in [0.4, 0.5) is 4.79 Å². The van der Waals surface area contributed by atoms with Crippen LogP contribution in [0.5, 0.6) is 5.75 Å². The van der Waals surface area contributed by atoms with Crippen molar-refractivity contribution in [2.45, 2.75) is 26.2 Å². The van der Waals surface area contributed by atoms with Crippen molar-refractivity contribution >= 4 is 6.09 Å². The molecule has 0 radical (unpaired) electrons. The highest BCUT2D eigenvalue weighted by atomic mass is 16.6. The van der Waals surface area contributed by atoms with E-state index in [1.54, 1.807) is 18.6 Å². The summed E-state index contributed by atoms with van der Waals surface area (Å²) < 4.78 is 7.31. The van der Waals surface area contributed by atoms with Crippen LogP contribution in [0.3, 0.4) is 0 Å². The molecule has 1 N–H and O–H groups in total. The number of aromatic nitrogens is 3. The summed E-state index contributed by atoms with van der Waals surface area (Å²) in [6.45, 7) is 2.57. The fourth-order valence-corrected chi connectivity index (χ4v) is 2.69. The quantitative estimate of drug-likeness (QED) is 0.707. The molecule has 26 heavy (non-hydrogen) atoms. The number of ether oxygens (including phenoxy) is 1. The second-order valence-corrected chi connectivity index (χ2v) is 5.88. The zero-order valence-corrected chi connectivity index (χ0v) is 14.8. The highest BCUT2D eigenvalue weighted by Gasteiger charge is 2.15. The Morgan fingerprint density at radius 1 is 1.12 bits per heavy atom. The number of amides is 1. The molecule has 0 spiro atoms. The lowest BCUT2D eigenvalue weighted by Crippen LogP contribution is -2.29. The minimum absolute atomic E-state index is 0.473. The number of nitrogens with one attached hydrogen (secondary N) is 1. The summed E-state index contributed by atoms with van der Waals surface area (Å²) in [7, 11) is 0. The molecule has 0 bridgehead atoms. The number of rotatable bonds is 7. The molecule has 0 atom stereocenters. The van der Waals surface area contributed by atoms with Crippen LogP contribution in [0.15, 0.2) is 61.1 Å². The first-order valence-electron chi connectivity index (χ1n) is 8.75. The summed E-state index contributed by atoms with van der Waals surface area (Å²) in [5, 5.41) is 7.16. The molecule has 0 aliphatic heterocycles. The van der Waals surface area contributed by atoms with Gasteiger partial charge in [0.1, 0.15) is 0 Å². The van der Waals surface area contributed by atoms with E-state index in [9.17, 15) is 4.79 Å². The monoisotopic (exact) mass is 350 g/mol. The molecule has 134 valence electrons. The van der Waals surface area contributed by atoms with Crippen LogP contribution in [0.25, 0.3) is 5.69 Å². The van der Waals surface area contributed by atoms with Gasteiger partial charge in [-0.25, -0.2) is 9.48 Å². The minimum Gasteiger partial charge on any atom is -0.407 e. The van der Waals surface area contributed by atoms with Gasteiger partial charge >= 0.3 is 6.09 Å². The molecule has 3 aromatic rings. The molecule has 0 aliphatic carbocycles. The Morgan fingerprint density at radius 3 is 2.69 bits per heavy atom. The van der Waals surface area contributed by atoms with E-state index in [-0.39, 0.29) is 0 Å². The first-order chi connectivity index (χ1) is 12.8. The van der Waals surface area contributed by atoms with Crippen molar-refractivity contribution in [2.75, 3.05) is 6.54 Å². The van der Waals surface area contributed by atoms with Crippen LogP contribution in [0, 0.1) is 0 Å². The Kier molecular flexibility index (Phi) is 5.98. The van der Waals surface area contributed by atoms with E-state index in [2.05, 4.69) is 22.3 Å². The van der Waals surface area contributed by atoms with Gasteiger partial charge in [-0.2, -0.15) is 5.10 Å². The lowest BCUT2D eigenvalue weighted by molar-refractivity contribution is 0.200. The van der Waals surface area contributed by atoms with E-state index < -0.39 is 6.09 Å². The predicted octanol–water partition coefficient (Wildman–Crippen LogP) is 3.55. The van der Waals surface area contributed by atoms with Crippen LogP contribution in [-0.2, 0) is 12.8 Å². The molecule has 1 amide bonds. The fraction of sp³-hybridized carbons (Fsp3) is 0.250. The first kappa shape index (κ1) is 17.7. The van der Waals surface area contributed by atoms with Gasteiger partial charge in [-0.05, 0) is 36.6 Å². The van der Waals surface area contributed by atoms with Crippen molar-refractivity contribution in [3.63, 3.8) is 0 Å². The van der Waals surface area contributed by atoms with Gasteiger partial charge in [0, 0.05) is 18.9 Å². The maximum absolute atomic E-state index is 12.1. The van der Waals surface area contributed by atoms with Crippen molar-refractivity contribution in [1.82, 2.24) is 20.1 Å². The van der Waals surface area contributed by atoms with Crippen LogP contribution in [0.1, 0.15) is 24.6 Å². The van der Waals surface area contributed by atoms with Crippen molar-refractivity contribution in [1.29, 1.82) is 0 Å². The molecule has 6 nitrogen and oxygen atoms in total. The van der Waals surface area contributed by atoms with E-state index >= 15 is 0 Å². The minimum atomic E-state index is -0.473. The van der Waals surface area contributed by atoms with Crippen LogP contribution in [0.2, 0.25) is 0 Å². The lowest BCUT2D eigenvalue weighted by atomic mass is 10.2. The van der Waals surface area contributed by atoms with Crippen molar-refractivity contribution in [3.8, 4) is 11.4 Å².